The Balaban J connectivity index is 1.41. The summed E-state index contributed by atoms with van der Waals surface area (Å²) in [7, 11) is 0. The van der Waals surface area contributed by atoms with Crippen molar-refractivity contribution in [2.45, 2.75) is 20.8 Å². The summed E-state index contributed by atoms with van der Waals surface area (Å²) in [5.74, 6) is 0. The van der Waals surface area contributed by atoms with Crippen LogP contribution in [0.15, 0.2) is 115 Å². The third kappa shape index (κ3) is 3.82. The number of hydrogen-bond acceptors (Lipinski definition) is 0. The summed E-state index contributed by atoms with van der Waals surface area (Å²) in [6.07, 6.45) is 0. The predicted octanol–water partition coefficient (Wildman–Crippen LogP) is 9.92. The molecule has 6 rings (SSSR count). The van der Waals surface area contributed by atoms with Crippen molar-refractivity contribution in [2.24, 2.45) is 0 Å². The van der Waals surface area contributed by atoms with Gasteiger partial charge in [0.1, 0.15) is 0 Å². The summed E-state index contributed by atoms with van der Waals surface area (Å²) in [6.45, 7) is 6.65. The topological polar surface area (TPSA) is 0 Å². The maximum atomic E-state index is 2.36. The number of aryl methyl sites for hydroxylation is 3. The zero-order chi connectivity index (χ0) is 23.9. The summed E-state index contributed by atoms with van der Waals surface area (Å²) < 4.78 is 0. The van der Waals surface area contributed by atoms with E-state index in [-0.39, 0.29) is 0 Å². The van der Waals surface area contributed by atoms with Gasteiger partial charge in [-0.3, -0.25) is 0 Å². The van der Waals surface area contributed by atoms with Crippen molar-refractivity contribution >= 4 is 21.5 Å². The fourth-order valence-electron chi connectivity index (χ4n) is 5.32. The molecule has 35 heavy (non-hydrogen) atoms. The first kappa shape index (κ1) is 21.4. The predicted molar refractivity (Wildman–Crippen MR) is 152 cm³/mol. The smallest absolute Gasteiger partial charge is 0.00964 e. The Labute approximate surface area is 207 Å². The van der Waals surface area contributed by atoms with E-state index in [9.17, 15) is 0 Å². The van der Waals surface area contributed by atoms with Gasteiger partial charge in [0.25, 0.3) is 0 Å². The second-order valence-electron chi connectivity index (χ2n) is 9.59. The molecular weight excluding hydrogens is 420 g/mol. The van der Waals surface area contributed by atoms with Crippen LogP contribution in [0.2, 0.25) is 0 Å². The molecule has 0 saturated heterocycles. The highest BCUT2D eigenvalue weighted by Crippen LogP contribution is 2.35. The monoisotopic (exact) mass is 448 g/mol. The molecule has 0 fully saturated rings. The Bertz CT molecular complexity index is 1690. The van der Waals surface area contributed by atoms with Crippen molar-refractivity contribution in [2.75, 3.05) is 0 Å². The maximum Gasteiger partial charge on any atom is -0.00964 e. The lowest BCUT2D eigenvalue weighted by Crippen LogP contribution is -1.89. The number of fused-ring (bicyclic) bond motifs is 3. The zero-order valence-electron chi connectivity index (χ0n) is 20.5. The van der Waals surface area contributed by atoms with Crippen molar-refractivity contribution in [1.82, 2.24) is 0 Å². The summed E-state index contributed by atoms with van der Waals surface area (Å²) in [4.78, 5) is 0. The third-order valence-electron chi connectivity index (χ3n) is 7.34. The molecule has 0 N–H and O–H groups in total. The van der Waals surface area contributed by atoms with Gasteiger partial charge in [0.15, 0.2) is 0 Å². The van der Waals surface area contributed by atoms with Gasteiger partial charge >= 0.3 is 0 Å². The van der Waals surface area contributed by atoms with Crippen LogP contribution in [-0.2, 0) is 0 Å². The SMILES string of the molecule is Cc1cc(-c2ccccc2)cc(-c2ccc(-c3ccc4c(C)c(C)c5ccccc5c4c3)cc2)c1. The van der Waals surface area contributed by atoms with Gasteiger partial charge in [-0.15, -0.1) is 0 Å². The van der Waals surface area contributed by atoms with Crippen LogP contribution in [0.4, 0.5) is 0 Å². The highest BCUT2D eigenvalue weighted by molar-refractivity contribution is 6.11. The van der Waals surface area contributed by atoms with Gasteiger partial charge in [-0.1, -0.05) is 103 Å². The van der Waals surface area contributed by atoms with E-state index in [4.69, 9.17) is 0 Å². The molecular formula is C35H28. The van der Waals surface area contributed by atoms with Gasteiger partial charge in [0, 0.05) is 0 Å². The van der Waals surface area contributed by atoms with E-state index < -0.39 is 0 Å². The van der Waals surface area contributed by atoms with Gasteiger partial charge < -0.3 is 0 Å². The Morgan fingerprint density at radius 1 is 0.314 bits per heavy atom. The minimum absolute atomic E-state index is 1.24. The fraction of sp³-hybridized carbons (Fsp3) is 0.0857. The fourth-order valence-corrected chi connectivity index (χ4v) is 5.32. The first-order valence-electron chi connectivity index (χ1n) is 12.3. The molecule has 0 bridgehead atoms. The lowest BCUT2D eigenvalue weighted by molar-refractivity contribution is 1.41. The van der Waals surface area contributed by atoms with Gasteiger partial charge in [-0.2, -0.15) is 0 Å². The Kier molecular flexibility index (Phi) is 5.23. The molecule has 6 aromatic carbocycles. The lowest BCUT2D eigenvalue weighted by Gasteiger charge is -2.14. The molecule has 0 amide bonds. The molecule has 0 heterocycles. The standard InChI is InChI=1S/C35H28/c1-23-19-30(26-9-5-4-6-10-26)21-31(20-23)28-15-13-27(14-16-28)29-17-18-33-25(3)24(2)32-11-7-8-12-34(32)35(33)22-29/h4-22H,1-3H3. The highest BCUT2D eigenvalue weighted by Gasteiger charge is 2.10. The van der Waals surface area contributed by atoms with Crippen LogP contribution in [-0.4, -0.2) is 0 Å². The van der Waals surface area contributed by atoms with Crippen LogP contribution in [0.5, 0.6) is 0 Å². The molecule has 0 aliphatic rings. The molecule has 0 unspecified atom stereocenters. The summed E-state index contributed by atoms with van der Waals surface area (Å²) in [5.41, 5.74) is 11.5. The molecule has 168 valence electrons. The molecule has 0 saturated carbocycles. The van der Waals surface area contributed by atoms with Crippen molar-refractivity contribution < 1.29 is 0 Å². The van der Waals surface area contributed by atoms with E-state index in [0.29, 0.717) is 0 Å². The number of hydrogen-bond donors (Lipinski definition) is 0. The average molecular weight is 449 g/mol. The van der Waals surface area contributed by atoms with E-state index in [1.165, 1.54) is 71.6 Å². The number of rotatable bonds is 3. The maximum absolute atomic E-state index is 2.36. The van der Waals surface area contributed by atoms with E-state index >= 15 is 0 Å². The van der Waals surface area contributed by atoms with Gasteiger partial charge in [0.2, 0.25) is 0 Å². The van der Waals surface area contributed by atoms with Crippen molar-refractivity contribution in [3.8, 4) is 33.4 Å². The van der Waals surface area contributed by atoms with E-state index in [1.54, 1.807) is 0 Å². The second-order valence-corrected chi connectivity index (χ2v) is 9.59. The third-order valence-corrected chi connectivity index (χ3v) is 7.34. The van der Waals surface area contributed by atoms with Crippen LogP contribution >= 0.6 is 0 Å². The summed E-state index contributed by atoms with van der Waals surface area (Å²) >= 11 is 0. The van der Waals surface area contributed by atoms with Gasteiger partial charge in [0.05, 0.1) is 0 Å². The molecule has 0 aliphatic heterocycles. The Morgan fingerprint density at radius 2 is 0.800 bits per heavy atom. The van der Waals surface area contributed by atoms with E-state index in [0.717, 1.165) is 0 Å². The normalized spacial score (nSPS) is 11.3. The zero-order valence-corrected chi connectivity index (χ0v) is 20.5. The highest BCUT2D eigenvalue weighted by atomic mass is 14.1. The minimum atomic E-state index is 1.24. The molecule has 0 heteroatoms. The Morgan fingerprint density at radius 3 is 1.46 bits per heavy atom. The molecule has 0 atom stereocenters. The van der Waals surface area contributed by atoms with Crippen LogP contribution in [0, 0.1) is 20.8 Å². The molecule has 0 spiro atoms. The van der Waals surface area contributed by atoms with Crippen molar-refractivity contribution in [3.63, 3.8) is 0 Å². The van der Waals surface area contributed by atoms with Crippen LogP contribution in [0.25, 0.3) is 54.9 Å². The van der Waals surface area contributed by atoms with Crippen molar-refractivity contribution in [3.05, 3.63) is 132 Å². The molecule has 0 radical (unpaired) electrons. The van der Waals surface area contributed by atoms with Crippen molar-refractivity contribution in [1.29, 1.82) is 0 Å². The summed E-state index contributed by atoms with van der Waals surface area (Å²) in [5, 5.41) is 5.35. The molecule has 0 nitrogen and oxygen atoms in total. The first-order chi connectivity index (χ1) is 17.1. The second kappa shape index (κ2) is 8.56. The molecule has 0 aromatic heterocycles. The lowest BCUT2D eigenvalue weighted by atomic mass is 9.90. The van der Waals surface area contributed by atoms with E-state index in [1.807, 2.05) is 0 Å². The van der Waals surface area contributed by atoms with E-state index in [2.05, 4.69) is 136 Å². The van der Waals surface area contributed by atoms with Crippen LogP contribution in [0.1, 0.15) is 16.7 Å². The summed E-state index contributed by atoms with van der Waals surface area (Å²) in [6, 6.07) is 42.1. The molecule has 0 aliphatic carbocycles. The first-order valence-corrected chi connectivity index (χ1v) is 12.3. The van der Waals surface area contributed by atoms with Gasteiger partial charge in [-0.25, -0.2) is 0 Å². The van der Waals surface area contributed by atoms with Crippen LogP contribution < -0.4 is 0 Å². The van der Waals surface area contributed by atoms with Gasteiger partial charge in [-0.05, 0) is 105 Å². The molecule has 6 aromatic rings. The van der Waals surface area contributed by atoms with Crippen LogP contribution in [0.3, 0.4) is 0 Å². The minimum Gasteiger partial charge on any atom is -0.0622 e. The quantitative estimate of drug-likeness (QED) is 0.236. The average Bonchev–Trinajstić information content (AvgIpc) is 2.92. The largest absolute Gasteiger partial charge is 0.0622 e. The Hall–Kier alpha value is -4.16. The number of benzene rings is 6.